The Bertz CT molecular complexity index is 1610. The number of barbiturate groups is 1. The Morgan fingerprint density at radius 3 is 2.46 bits per heavy atom. The molecule has 0 aromatic heterocycles. The molecule has 1 aliphatic rings. The normalized spacial score (nSPS) is 14.8. The Hall–Kier alpha value is -3.75. The van der Waals surface area contributed by atoms with Crippen molar-refractivity contribution in [2.24, 2.45) is 0 Å². The van der Waals surface area contributed by atoms with Crippen LogP contribution in [0.4, 0.5) is 10.5 Å². The number of hydrogen-bond donors (Lipinski definition) is 1. The molecule has 0 bridgehead atoms. The molecule has 1 fully saturated rings. The quantitative estimate of drug-likeness (QED) is 0.194. The molecule has 0 atom stereocenters. The first kappa shape index (κ1) is 24.9. The number of hydrogen-bond acceptors (Lipinski definition) is 4. The van der Waals surface area contributed by atoms with Crippen LogP contribution in [0.25, 0.3) is 16.8 Å². The summed E-state index contributed by atoms with van der Waals surface area (Å²) in [5, 5.41) is 4.52. The van der Waals surface area contributed by atoms with Crippen molar-refractivity contribution in [2.75, 3.05) is 4.90 Å². The standard InChI is InChI=1S/C29H20Br2N2O4/c1-17-12-23(9-10-25(17)31)33-28(35)24(27(34)32-29(33)36)15-21-14-22(30)8-11-26(21)37-16-18-6-7-19-4-2-3-5-20(19)13-18/h2-15H,16H2,1H3,(H,32,34,36)/b24-15+. The molecular formula is C29H20Br2N2O4. The van der Waals surface area contributed by atoms with E-state index in [1.807, 2.05) is 43.3 Å². The summed E-state index contributed by atoms with van der Waals surface area (Å²) in [6, 6.07) is 23.8. The highest BCUT2D eigenvalue weighted by Gasteiger charge is 2.37. The number of nitrogens with zero attached hydrogens (tertiary/aromatic N) is 1. The third kappa shape index (κ3) is 5.21. The number of ether oxygens (including phenoxy) is 1. The third-order valence-electron chi connectivity index (χ3n) is 5.98. The maximum atomic E-state index is 13.4. The highest BCUT2D eigenvalue weighted by atomic mass is 79.9. The van der Waals surface area contributed by atoms with Crippen molar-refractivity contribution >= 4 is 72.2 Å². The minimum atomic E-state index is -0.795. The van der Waals surface area contributed by atoms with Crippen molar-refractivity contribution in [1.82, 2.24) is 5.32 Å². The lowest BCUT2D eigenvalue weighted by atomic mass is 10.1. The van der Waals surface area contributed by atoms with Crippen molar-refractivity contribution in [2.45, 2.75) is 13.5 Å². The number of urea groups is 1. The van der Waals surface area contributed by atoms with E-state index in [-0.39, 0.29) is 5.57 Å². The van der Waals surface area contributed by atoms with Gasteiger partial charge in [-0.15, -0.1) is 0 Å². The number of carbonyl (C=O) groups is 3. The number of benzene rings is 4. The van der Waals surface area contributed by atoms with Gasteiger partial charge in [-0.05, 0) is 77.4 Å². The fourth-order valence-electron chi connectivity index (χ4n) is 4.07. The maximum absolute atomic E-state index is 13.4. The summed E-state index contributed by atoms with van der Waals surface area (Å²) < 4.78 is 7.70. The molecule has 1 heterocycles. The summed E-state index contributed by atoms with van der Waals surface area (Å²) in [4.78, 5) is 39.6. The van der Waals surface area contributed by atoms with Crippen LogP contribution in [0.1, 0.15) is 16.7 Å². The lowest BCUT2D eigenvalue weighted by Gasteiger charge is -2.27. The van der Waals surface area contributed by atoms with E-state index in [9.17, 15) is 14.4 Å². The van der Waals surface area contributed by atoms with Gasteiger partial charge in [-0.25, -0.2) is 9.69 Å². The molecule has 1 saturated heterocycles. The minimum Gasteiger partial charge on any atom is -0.488 e. The van der Waals surface area contributed by atoms with Crippen molar-refractivity contribution in [3.8, 4) is 5.75 Å². The van der Waals surface area contributed by atoms with Gasteiger partial charge >= 0.3 is 6.03 Å². The van der Waals surface area contributed by atoms with Crippen LogP contribution in [0.15, 0.2) is 93.4 Å². The van der Waals surface area contributed by atoms with Crippen LogP contribution in [0.5, 0.6) is 5.75 Å². The van der Waals surface area contributed by atoms with Crippen LogP contribution in [-0.4, -0.2) is 17.8 Å². The zero-order valence-electron chi connectivity index (χ0n) is 19.6. The van der Waals surface area contributed by atoms with E-state index in [0.29, 0.717) is 23.6 Å². The lowest BCUT2D eigenvalue weighted by Crippen LogP contribution is -2.54. The Morgan fingerprint density at radius 1 is 0.892 bits per heavy atom. The van der Waals surface area contributed by atoms with E-state index >= 15 is 0 Å². The largest absolute Gasteiger partial charge is 0.488 e. The first-order valence-electron chi connectivity index (χ1n) is 11.4. The number of aryl methyl sites for hydroxylation is 1. The maximum Gasteiger partial charge on any atom is 0.335 e. The summed E-state index contributed by atoms with van der Waals surface area (Å²) in [7, 11) is 0. The first-order valence-corrected chi connectivity index (χ1v) is 13.0. The second-order valence-corrected chi connectivity index (χ2v) is 10.3. The van der Waals surface area contributed by atoms with Gasteiger partial charge in [0.05, 0.1) is 5.69 Å². The van der Waals surface area contributed by atoms with E-state index in [4.69, 9.17) is 4.74 Å². The molecule has 4 amide bonds. The van der Waals surface area contributed by atoms with Crippen LogP contribution in [0.2, 0.25) is 0 Å². The Labute approximate surface area is 230 Å². The number of imide groups is 2. The molecule has 0 aliphatic carbocycles. The molecule has 1 N–H and O–H groups in total. The van der Waals surface area contributed by atoms with Gasteiger partial charge < -0.3 is 4.74 Å². The lowest BCUT2D eigenvalue weighted by molar-refractivity contribution is -0.122. The molecular weight excluding hydrogens is 600 g/mol. The van der Waals surface area contributed by atoms with Gasteiger partial charge in [-0.1, -0.05) is 68.3 Å². The average molecular weight is 620 g/mol. The second kappa shape index (κ2) is 10.3. The van der Waals surface area contributed by atoms with E-state index in [1.54, 1.807) is 30.3 Å². The third-order valence-corrected chi connectivity index (χ3v) is 7.36. The van der Waals surface area contributed by atoms with Gasteiger partial charge in [0, 0.05) is 14.5 Å². The van der Waals surface area contributed by atoms with Gasteiger partial charge in [-0.3, -0.25) is 14.9 Å². The molecule has 4 aromatic carbocycles. The highest BCUT2D eigenvalue weighted by Crippen LogP contribution is 2.30. The van der Waals surface area contributed by atoms with Crippen LogP contribution in [0, 0.1) is 6.92 Å². The van der Waals surface area contributed by atoms with Gasteiger partial charge in [-0.2, -0.15) is 0 Å². The topological polar surface area (TPSA) is 75.7 Å². The van der Waals surface area contributed by atoms with Crippen molar-refractivity contribution in [3.63, 3.8) is 0 Å². The molecule has 5 rings (SSSR count). The number of halogens is 2. The predicted molar refractivity (Wildman–Crippen MR) is 150 cm³/mol. The molecule has 4 aromatic rings. The number of amides is 4. The fraction of sp³-hybridized carbons (Fsp3) is 0.0690. The second-order valence-electron chi connectivity index (χ2n) is 8.54. The molecule has 1 aliphatic heterocycles. The first-order chi connectivity index (χ1) is 17.8. The average Bonchev–Trinajstić information content (AvgIpc) is 2.88. The zero-order chi connectivity index (χ0) is 26.1. The van der Waals surface area contributed by atoms with Crippen LogP contribution >= 0.6 is 31.9 Å². The molecule has 0 spiro atoms. The Kier molecular flexibility index (Phi) is 6.95. The van der Waals surface area contributed by atoms with E-state index in [1.165, 1.54) is 6.08 Å². The van der Waals surface area contributed by atoms with Crippen LogP contribution in [-0.2, 0) is 16.2 Å². The summed E-state index contributed by atoms with van der Waals surface area (Å²) in [6.45, 7) is 2.15. The molecule has 0 unspecified atom stereocenters. The fourth-order valence-corrected chi connectivity index (χ4v) is 4.69. The summed E-state index contributed by atoms with van der Waals surface area (Å²) in [5.41, 5.74) is 2.54. The van der Waals surface area contributed by atoms with Crippen LogP contribution < -0.4 is 15.0 Å². The summed E-state index contributed by atoms with van der Waals surface area (Å²) >= 11 is 6.87. The molecule has 8 heteroatoms. The van der Waals surface area contributed by atoms with Gasteiger partial charge in [0.2, 0.25) is 0 Å². The van der Waals surface area contributed by atoms with Gasteiger partial charge in [0.15, 0.2) is 0 Å². The molecule has 37 heavy (non-hydrogen) atoms. The van der Waals surface area contributed by atoms with Crippen molar-refractivity contribution < 1.29 is 19.1 Å². The van der Waals surface area contributed by atoms with E-state index in [2.05, 4.69) is 49.3 Å². The predicted octanol–water partition coefficient (Wildman–Crippen LogP) is 6.92. The van der Waals surface area contributed by atoms with Gasteiger partial charge in [0.25, 0.3) is 11.8 Å². The molecule has 0 radical (unpaired) electrons. The number of fused-ring (bicyclic) bond motifs is 1. The molecule has 184 valence electrons. The van der Waals surface area contributed by atoms with Crippen LogP contribution in [0.3, 0.4) is 0 Å². The number of carbonyl (C=O) groups excluding carboxylic acids is 3. The molecule has 6 nitrogen and oxygen atoms in total. The molecule has 0 saturated carbocycles. The minimum absolute atomic E-state index is 0.172. The highest BCUT2D eigenvalue weighted by molar-refractivity contribution is 9.10. The van der Waals surface area contributed by atoms with E-state index in [0.717, 1.165) is 35.7 Å². The summed E-state index contributed by atoms with van der Waals surface area (Å²) in [6.07, 6.45) is 1.45. The number of anilines is 1. The van der Waals surface area contributed by atoms with E-state index < -0.39 is 17.8 Å². The monoisotopic (exact) mass is 618 g/mol. The number of nitrogens with one attached hydrogen (secondary N) is 1. The Morgan fingerprint density at radius 2 is 1.68 bits per heavy atom. The van der Waals surface area contributed by atoms with Crippen molar-refractivity contribution in [1.29, 1.82) is 0 Å². The van der Waals surface area contributed by atoms with Crippen molar-refractivity contribution in [3.05, 3.63) is 110 Å². The van der Waals surface area contributed by atoms with Gasteiger partial charge in [0.1, 0.15) is 17.9 Å². The number of rotatable bonds is 5. The Balaban J connectivity index is 1.46. The SMILES string of the molecule is Cc1cc(N2C(=O)NC(=O)/C(=C\c3cc(Br)ccc3OCc3ccc4ccccc4c3)C2=O)ccc1Br. The smallest absolute Gasteiger partial charge is 0.335 e. The summed E-state index contributed by atoms with van der Waals surface area (Å²) in [5.74, 6) is -0.983. The zero-order valence-corrected chi connectivity index (χ0v) is 22.8.